The first-order valence-electron chi connectivity index (χ1n) is 4.55. The fourth-order valence-electron chi connectivity index (χ4n) is 0.961. The van der Waals surface area contributed by atoms with Crippen LogP contribution in [0.5, 0.6) is 0 Å². The standard InChI is InChI=1S/C12H8S4/c1-3-7-11(8-4-1)13-15-16-14-12-9-5-2-6-10-12/h3-10H. The second kappa shape index (κ2) is 7.22. The lowest BCUT2D eigenvalue weighted by molar-refractivity contribution is 1.47. The van der Waals surface area contributed by atoms with Gasteiger partial charge < -0.3 is 0 Å². The predicted molar refractivity (Wildman–Crippen MR) is 77.5 cm³/mol. The molecule has 0 unspecified atom stereocenters. The molecule has 80 valence electrons. The largest absolute Gasteiger partial charge is 0.0532 e. The zero-order valence-corrected chi connectivity index (χ0v) is 11.5. The van der Waals surface area contributed by atoms with E-state index in [0.29, 0.717) is 0 Å². The van der Waals surface area contributed by atoms with Crippen LogP contribution in [0.25, 0.3) is 0 Å². The van der Waals surface area contributed by atoms with Crippen molar-refractivity contribution in [1.29, 1.82) is 0 Å². The van der Waals surface area contributed by atoms with Gasteiger partial charge in [0, 0.05) is 9.79 Å². The normalized spacial score (nSPS) is 10.2. The molecule has 0 saturated heterocycles. The van der Waals surface area contributed by atoms with E-state index in [1.807, 2.05) is 24.3 Å². The van der Waals surface area contributed by atoms with Gasteiger partial charge >= 0.3 is 0 Å². The molecule has 0 atom stereocenters. The minimum Gasteiger partial charge on any atom is -0.0532 e. The number of hydrogen-bond donors (Lipinski definition) is 0. The van der Waals surface area contributed by atoms with Crippen molar-refractivity contribution < 1.29 is 0 Å². The Morgan fingerprint density at radius 3 is 1.38 bits per heavy atom. The molecule has 4 heteroatoms. The van der Waals surface area contributed by atoms with E-state index in [9.17, 15) is 0 Å². The first-order valence-corrected chi connectivity index (χ1v) is 9.37. The maximum Gasteiger partial charge on any atom is 0.0191 e. The minimum absolute atomic E-state index is 1.26. The van der Waals surface area contributed by atoms with Gasteiger partial charge in [-0.25, -0.2) is 0 Å². The average Bonchev–Trinajstić information content (AvgIpc) is 2.37. The van der Waals surface area contributed by atoms with Gasteiger partial charge in [0.05, 0.1) is 0 Å². The number of benzene rings is 2. The molecule has 2 aromatic carbocycles. The second-order valence-corrected chi connectivity index (χ2v) is 8.59. The van der Waals surface area contributed by atoms with Crippen molar-refractivity contribution in [2.24, 2.45) is 0 Å². The van der Waals surface area contributed by atoms with Gasteiger partial charge in [0.15, 0.2) is 0 Å². The third-order valence-electron chi connectivity index (χ3n) is 1.66. The summed E-state index contributed by atoms with van der Waals surface area (Å²) in [6, 6.07) is 22.1. The lowest BCUT2D eigenvalue weighted by Gasteiger charge is -1.99. The van der Waals surface area contributed by atoms with Crippen LogP contribution >= 0.6 is 41.2 Å². The molecule has 0 fully saturated rings. The van der Waals surface area contributed by atoms with Crippen molar-refractivity contribution in [1.82, 2.24) is 0 Å². The van der Waals surface area contributed by atoms with E-state index < -0.39 is 0 Å². The summed E-state index contributed by atoms with van der Waals surface area (Å²) in [7, 11) is 7.09. The molecular formula is C12H8S4. The molecule has 0 nitrogen and oxygen atoms in total. The molecule has 0 N–H and O–H groups in total. The van der Waals surface area contributed by atoms with Crippen molar-refractivity contribution in [3.63, 3.8) is 0 Å². The highest BCUT2D eigenvalue weighted by Crippen LogP contribution is 2.48. The Balaban J connectivity index is 1.70. The summed E-state index contributed by atoms with van der Waals surface area (Å²) in [5, 5.41) is 0. The molecule has 16 heavy (non-hydrogen) atoms. The van der Waals surface area contributed by atoms with Crippen molar-refractivity contribution in [2.75, 3.05) is 0 Å². The smallest absolute Gasteiger partial charge is 0.0191 e. The lowest BCUT2D eigenvalue weighted by Crippen LogP contribution is -1.64. The Labute approximate surface area is 111 Å². The second-order valence-electron chi connectivity index (χ2n) is 2.77. The fraction of sp³-hybridized carbons (Fsp3) is 0. The van der Waals surface area contributed by atoms with E-state index in [-0.39, 0.29) is 0 Å². The quantitative estimate of drug-likeness (QED) is 0.532. The summed E-state index contributed by atoms with van der Waals surface area (Å²) >= 11 is 0. The van der Waals surface area contributed by atoms with Gasteiger partial charge in [0.2, 0.25) is 0 Å². The van der Waals surface area contributed by atoms with Crippen LogP contribution in [0.2, 0.25) is 0 Å². The average molecular weight is 280 g/mol. The molecule has 0 aliphatic carbocycles. The first-order chi connectivity index (χ1) is 7.95. The Bertz CT molecular complexity index is 360. The molecule has 2 rings (SSSR count). The maximum atomic E-state index is 3.01. The highest BCUT2D eigenvalue weighted by molar-refractivity contribution is 9.26. The molecule has 0 aliphatic heterocycles. The Morgan fingerprint density at radius 1 is 0.625 bits per heavy atom. The fourth-order valence-corrected chi connectivity index (χ4v) is 6.39. The van der Waals surface area contributed by atoms with Crippen molar-refractivity contribution in [2.45, 2.75) is 9.79 Å². The zero-order valence-electron chi connectivity index (χ0n) is 8.25. The van der Waals surface area contributed by atoms with E-state index in [2.05, 4.69) is 36.4 Å². The third-order valence-corrected chi connectivity index (χ3v) is 7.74. The third kappa shape index (κ3) is 4.37. The van der Waals surface area contributed by atoms with E-state index in [1.54, 1.807) is 41.2 Å². The molecule has 2 radical (unpaired) electrons. The summed E-state index contributed by atoms with van der Waals surface area (Å²) in [6.45, 7) is 0. The molecule has 0 amide bonds. The van der Waals surface area contributed by atoms with Crippen LogP contribution in [-0.4, -0.2) is 0 Å². The maximum absolute atomic E-state index is 3.01. The van der Waals surface area contributed by atoms with Gasteiger partial charge in [-0.15, -0.1) is 0 Å². The van der Waals surface area contributed by atoms with E-state index >= 15 is 0 Å². The topological polar surface area (TPSA) is 0 Å². The molecule has 0 heterocycles. The van der Waals surface area contributed by atoms with E-state index in [4.69, 9.17) is 0 Å². The first kappa shape index (κ1) is 12.3. The van der Waals surface area contributed by atoms with Gasteiger partial charge in [-0.1, -0.05) is 24.3 Å². The monoisotopic (exact) mass is 280 g/mol. The molecule has 0 spiro atoms. The molecule has 0 aliphatic rings. The highest BCUT2D eigenvalue weighted by Gasteiger charge is 1.96. The van der Waals surface area contributed by atoms with Gasteiger partial charge in [0.1, 0.15) is 0 Å². The van der Waals surface area contributed by atoms with Crippen LogP contribution in [-0.2, 0) is 0 Å². The highest BCUT2D eigenvalue weighted by atomic mass is 33.7. The summed E-state index contributed by atoms with van der Waals surface area (Å²) in [5.41, 5.74) is 0. The zero-order chi connectivity index (χ0) is 11.1. The lowest BCUT2D eigenvalue weighted by atomic mass is 10.4. The number of hydrogen-bond acceptors (Lipinski definition) is 4. The van der Waals surface area contributed by atoms with E-state index in [0.717, 1.165) is 0 Å². The minimum atomic E-state index is 1.26. The summed E-state index contributed by atoms with van der Waals surface area (Å²) in [6.07, 6.45) is 0. The van der Waals surface area contributed by atoms with Crippen LogP contribution in [0.4, 0.5) is 0 Å². The number of rotatable bonds is 5. The Morgan fingerprint density at radius 2 is 1.00 bits per heavy atom. The predicted octanol–water partition coefficient (Wildman–Crippen LogP) is 5.38. The summed E-state index contributed by atoms with van der Waals surface area (Å²) in [5.74, 6) is 0. The van der Waals surface area contributed by atoms with Crippen molar-refractivity contribution in [3.05, 3.63) is 60.7 Å². The SMILES string of the molecule is [c]1ccc(SSSSc2cc[c]cc2)cc1. The van der Waals surface area contributed by atoms with Crippen LogP contribution in [0.3, 0.4) is 0 Å². The molecule has 0 bridgehead atoms. The van der Waals surface area contributed by atoms with Gasteiger partial charge in [0.25, 0.3) is 0 Å². The van der Waals surface area contributed by atoms with Gasteiger partial charge in [-0.05, 0) is 77.6 Å². The van der Waals surface area contributed by atoms with Crippen molar-refractivity contribution in [3.8, 4) is 0 Å². The summed E-state index contributed by atoms with van der Waals surface area (Å²) in [4.78, 5) is 2.52. The van der Waals surface area contributed by atoms with E-state index in [1.165, 1.54) is 9.79 Å². The Kier molecular flexibility index (Phi) is 5.55. The van der Waals surface area contributed by atoms with Crippen LogP contribution in [0, 0.1) is 12.1 Å². The molecule has 0 saturated carbocycles. The summed E-state index contributed by atoms with van der Waals surface area (Å²) < 4.78 is 0. The van der Waals surface area contributed by atoms with Crippen LogP contribution in [0.15, 0.2) is 58.3 Å². The Hall–Kier alpha value is -0.160. The van der Waals surface area contributed by atoms with Gasteiger partial charge in [-0.2, -0.15) is 0 Å². The molecular weight excluding hydrogens is 272 g/mol. The van der Waals surface area contributed by atoms with Crippen molar-refractivity contribution >= 4 is 41.2 Å². The van der Waals surface area contributed by atoms with Crippen LogP contribution in [0.1, 0.15) is 0 Å². The van der Waals surface area contributed by atoms with Gasteiger partial charge in [-0.3, -0.25) is 0 Å². The molecule has 2 aromatic rings. The molecule has 0 aromatic heterocycles. The van der Waals surface area contributed by atoms with Crippen LogP contribution < -0.4 is 0 Å².